The van der Waals surface area contributed by atoms with Crippen LogP contribution in [0.1, 0.15) is 47.2 Å². The first-order valence-corrected chi connectivity index (χ1v) is 23.3. The van der Waals surface area contributed by atoms with E-state index in [1.807, 2.05) is 0 Å². The molecule has 2 heterocycles. The van der Waals surface area contributed by atoms with Crippen LogP contribution >= 0.6 is 0 Å². The normalized spacial score (nSPS) is 14.4. The van der Waals surface area contributed by atoms with Gasteiger partial charge in [-0.25, -0.2) is 0 Å². The molecule has 0 saturated carbocycles. The van der Waals surface area contributed by atoms with Gasteiger partial charge in [0.25, 0.3) is 0 Å². The van der Waals surface area contributed by atoms with Crippen molar-refractivity contribution in [3.05, 3.63) is 246 Å². The second kappa shape index (κ2) is 13.1. The summed E-state index contributed by atoms with van der Waals surface area (Å²) in [7, 11) is 0. The SMILES string of the molecule is CC1(C)c2ccccc2-c2ccc(N(c3ccc4c(c3)C3(c5ccccc5-c5ccccc53)c3ccccc3-4)c3ccc4oc5cc6c(cc5c4c3)oc3c(-c4ccccc4)cccc36)cc21. The van der Waals surface area contributed by atoms with Crippen molar-refractivity contribution >= 4 is 60.9 Å². The van der Waals surface area contributed by atoms with E-state index in [1.54, 1.807) is 0 Å². The van der Waals surface area contributed by atoms with E-state index < -0.39 is 5.41 Å². The summed E-state index contributed by atoms with van der Waals surface area (Å²) in [5.74, 6) is 0. The Balaban J connectivity index is 0.967. The molecule has 3 heteroatoms. The Morgan fingerprint density at radius 3 is 1.43 bits per heavy atom. The molecule has 0 N–H and O–H groups in total. The van der Waals surface area contributed by atoms with Gasteiger partial charge in [-0.1, -0.05) is 172 Å². The lowest BCUT2D eigenvalue weighted by Crippen LogP contribution is -2.26. The van der Waals surface area contributed by atoms with Crippen LogP contribution in [-0.2, 0) is 10.8 Å². The molecule has 0 aliphatic heterocycles. The van der Waals surface area contributed by atoms with E-state index in [4.69, 9.17) is 8.83 Å². The van der Waals surface area contributed by atoms with Gasteiger partial charge in [0.1, 0.15) is 22.3 Å². The Morgan fingerprint density at radius 1 is 0.313 bits per heavy atom. The van der Waals surface area contributed by atoms with Crippen molar-refractivity contribution in [2.75, 3.05) is 4.90 Å². The van der Waals surface area contributed by atoms with E-state index in [1.165, 1.54) is 66.8 Å². The van der Waals surface area contributed by atoms with E-state index in [0.29, 0.717) is 0 Å². The maximum atomic E-state index is 6.78. The van der Waals surface area contributed by atoms with Gasteiger partial charge in [0.2, 0.25) is 0 Å². The van der Waals surface area contributed by atoms with Crippen LogP contribution in [0.15, 0.2) is 221 Å². The number of benzene rings is 10. The third-order valence-corrected chi connectivity index (χ3v) is 15.5. The molecule has 0 amide bonds. The van der Waals surface area contributed by atoms with E-state index in [2.05, 4.69) is 231 Å². The molecule has 0 unspecified atom stereocenters. The Hall–Kier alpha value is -8.40. The average Bonchev–Trinajstić information content (AvgIpc) is 4.14. The first kappa shape index (κ1) is 36.9. The van der Waals surface area contributed by atoms with Gasteiger partial charge in [-0.2, -0.15) is 0 Å². The number of fused-ring (bicyclic) bond motifs is 19. The molecule has 2 aromatic heterocycles. The average molecular weight is 856 g/mol. The van der Waals surface area contributed by atoms with Crippen molar-refractivity contribution in [2.45, 2.75) is 24.7 Å². The minimum absolute atomic E-state index is 0.169. The molecule has 3 aliphatic carbocycles. The van der Waals surface area contributed by atoms with Crippen molar-refractivity contribution in [3.63, 3.8) is 0 Å². The smallest absolute Gasteiger partial charge is 0.143 e. The van der Waals surface area contributed by atoms with Crippen LogP contribution in [0.4, 0.5) is 17.1 Å². The van der Waals surface area contributed by atoms with Crippen LogP contribution in [0.2, 0.25) is 0 Å². The number of rotatable bonds is 4. The number of anilines is 3. The molecule has 15 rings (SSSR count). The number of hydrogen-bond donors (Lipinski definition) is 0. The van der Waals surface area contributed by atoms with Gasteiger partial charge in [-0.05, 0) is 127 Å². The summed E-state index contributed by atoms with van der Waals surface area (Å²) >= 11 is 0. The van der Waals surface area contributed by atoms with Gasteiger partial charge >= 0.3 is 0 Å². The van der Waals surface area contributed by atoms with E-state index in [-0.39, 0.29) is 5.41 Å². The summed E-state index contributed by atoms with van der Waals surface area (Å²) in [6.45, 7) is 4.73. The summed E-state index contributed by atoms with van der Waals surface area (Å²) in [5, 5.41) is 4.20. The van der Waals surface area contributed by atoms with Gasteiger partial charge in [-0.15, -0.1) is 0 Å². The molecule has 0 atom stereocenters. The molecule has 12 aromatic rings. The van der Waals surface area contributed by atoms with Crippen LogP contribution in [0.5, 0.6) is 0 Å². The van der Waals surface area contributed by atoms with E-state index in [0.717, 1.165) is 72.1 Å². The zero-order chi connectivity index (χ0) is 44.2. The summed E-state index contributed by atoms with van der Waals surface area (Å²) in [6, 6.07) is 78.2. The van der Waals surface area contributed by atoms with Crippen LogP contribution in [0, 0.1) is 0 Å². The Morgan fingerprint density at radius 2 is 0.776 bits per heavy atom. The highest BCUT2D eigenvalue weighted by atomic mass is 16.3. The lowest BCUT2D eigenvalue weighted by atomic mass is 9.70. The van der Waals surface area contributed by atoms with Gasteiger partial charge in [-0.3, -0.25) is 0 Å². The number of nitrogens with zero attached hydrogens (tertiary/aromatic N) is 1. The Bertz CT molecular complexity index is 4030. The highest BCUT2D eigenvalue weighted by molar-refractivity contribution is 6.17. The molecule has 1 spiro atoms. The van der Waals surface area contributed by atoms with Gasteiger partial charge in [0, 0.05) is 49.6 Å². The fourth-order valence-corrected chi connectivity index (χ4v) is 12.5. The van der Waals surface area contributed by atoms with E-state index in [9.17, 15) is 0 Å². The Kier molecular flexibility index (Phi) is 7.22. The minimum atomic E-state index is -0.467. The molecule has 3 nitrogen and oxygen atoms in total. The molecule has 314 valence electrons. The summed E-state index contributed by atoms with van der Waals surface area (Å²) in [6.07, 6.45) is 0. The zero-order valence-electron chi connectivity index (χ0n) is 37.0. The topological polar surface area (TPSA) is 29.5 Å². The summed E-state index contributed by atoms with van der Waals surface area (Å²) in [5.41, 5.74) is 24.0. The lowest BCUT2D eigenvalue weighted by Gasteiger charge is -2.32. The standard InChI is InChI=1S/C64H41NO2/c1-63(2)53-23-10-6-17-43(53)47-30-27-40(34-57(47)63)65(41-28-31-48-46-20-9-13-26-56(46)64(58(48)35-41)54-24-11-7-18-44(54)45-19-8-12-25-55(45)64)39-29-32-59-50(33-39)52-37-61-51(36-60(52)66-59)49-22-14-21-42(62(49)67-61)38-15-4-3-5-16-38/h3-37H,1-2H3. The maximum absolute atomic E-state index is 6.78. The highest BCUT2D eigenvalue weighted by Crippen LogP contribution is 2.63. The number of para-hydroxylation sites is 1. The van der Waals surface area contributed by atoms with Crippen LogP contribution in [0.3, 0.4) is 0 Å². The van der Waals surface area contributed by atoms with Crippen molar-refractivity contribution in [3.8, 4) is 44.5 Å². The molecule has 0 bridgehead atoms. The quantitative estimate of drug-likeness (QED) is 0.177. The van der Waals surface area contributed by atoms with Crippen LogP contribution < -0.4 is 4.90 Å². The predicted molar refractivity (Wildman–Crippen MR) is 275 cm³/mol. The molecule has 3 aliphatic rings. The number of furan rings is 2. The fourth-order valence-electron chi connectivity index (χ4n) is 12.5. The minimum Gasteiger partial charge on any atom is -0.456 e. The summed E-state index contributed by atoms with van der Waals surface area (Å²) in [4.78, 5) is 2.47. The van der Waals surface area contributed by atoms with E-state index >= 15 is 0 Å². The lowest BCUT2D eigenvalue weighted by molar-refractivity contribution is 0.660. The third kappa shape index (κ3) is 4.80. The van der Waals surface area contributed by atoms with Gasteiger partial charge in [0.15, 0.2) is 0 Å². The second-order valence-corrected chi connectivity index (χ2v) is 19.1. The fraction of sp³-hybridized carbons (Fsp3) is 0.0625. The largest absolute Gasteiger partial charge is 0.456 e. The first-order valence-electron chi connectivity index (χ1n) is 23.3. The molecule has 10 aromatic carbocycles. The van der Waals surface area contributed by atoms with Crippen molar-refractivity contribution in [1.29, 1.82) is 0 Å². The zero-order valence-corrected chi connectivity index (χ0v) is 37.0. The van der Waals surface area contributed by atoms with Crippen molar-refractivity contribution in [2.24, 2.45) is 0 Å². The molecule has 0 fully saturated rings. The molecular weight excluding hydrogens is 815 g/mol. The molecule has 0 saturated heterocycles. The second-order valence-electron chi connectivity index (χ2n) is 19.1. The van der Waals surface area contributed by atoms with Crippen molar-refractivity contribution in [1.82, 2.24) is 0 Å². The molecule has 0 radical (unpaired) electrons. The molecule has 67 heavy (non-hydrogen) atoms. The summed E-state index contributed by atoms with van der Waals surface area (Å²) < 4.78 is 13.5. The third-order valence-electron chi connectivity index (χ3n) is 15.5. The first-order chi connectivity index (χ1) is 33.0. The predicted octanol–water partition coefficient (Wildman–Crippen LogP) is 17.3. The van der Waals surface area contributed by atoms with Crippen LogP contribution in [0.25, 0.3) is 88.4 Å². The van der Waals surface area contributed by atoms with Gasteiger partial charge in [0.05, 0.1) is 5.41 Å². The maximum Gasteiger partial charge on any atom is 0.143 e. The van der Waals surface area contributed by atoms with Gasteiger partial charge < -0.3 is 13.7 Å². The molecular formula is C64H41NO2. The highest BCUT2D eigenvalue weighted by Gasteiger charge is 2.51. The van der Waals surface area contributed by atoms with Crippen LogP contribution in [-0.4, -0.2) is 0 Å². The monoisotopic (exact) mass is 855 g/mol. The van der Waals surface area contributed by atoms with Crippen molar-refractivity contribution < 1.29 is 8.83 Å². The number of hydrogen-bond acceptors (Lipinski definition) is 3. The Labute approximate surface area is 387 Å².